The maximum atomic E-state index is 10.2. The maximum absolute atomic E-state index is 10.2. The van der Waals surface area contributed by atoms with Crippen molar-refractivity contribution in [3.63, 3.8) is 0 Å². The highest BCUT2D eigenvalue weighted by molar-refractivity contribution is 4.82. The fourth-order valence-corrected chi connectivity index (χ4v) is 1.66. The van der Waals surface area contributed by atoms with Gasteiger partial charge in [0.15, 0.2) is 0 Å². The number of nitrogens with one attached hydrogen (secondary N) is 1. The second kappa shape index (κ2) is 6.35. The summed E-state index contributed by atoms with van der Waals surface area (Å²) in [5.41, 5.74) is -0.579. The van der Waals surface area contributed by atoms with E-state index in [4.69, 9.17) is 9.47 Å². The summed E-state index contributed by atoms with van der Waals surface area (Å²) in [7, 11) is 1.68. The molecule has 2 N–H and O–H groups in total. The SMILES string of the molecule is COCCNCC1(O)CCCOCC1. The van der Waals surface area contributed by atoms with Crippen LogP contribution in [0.1, 0.15) is 19.3 Å². The summed E-state index contributed by atoms with van der Waals surface area (Å²) in [5, 5.41) is 13.4. The van der Waals surface area contributed by atoms with Crippen molar-refractivity contribution in [1.29, 1.82) is 0 Å². The number of hydrogen-bond donors (Lipinski definition) is 2. The molecule has 1 rings (SSSR count). The summed E-state index contributed by atoms with van der Waals surface area (Å²) in [5.74, 6) is 0. The van der Waals surface area contributed by atoms with Gasteiger partial charge in [-0.1, -0.05) is 0 Å². The molecule has 1 unspecified atom stereocenters. The molecule has 0 aliphatic carbocycles. The third-order valence-electron chi connectivity index (χ3n) is 2.58. The first kappa shape index (κ1) is 11.9. The Morgan fingerprint density at radius 2 is 2.29 bits per heavy atom. The quantitative estimate of drug-likeness (QED) is 0.625. The molecule has 1 saturated heterocycles. The van der Waals surface area contributed by atoms with Crippen LogP contribution in [0.25, 0.3) is 0 Å². The molecule has 1 aliphatic heterocycles. The molecule has 1 fully saturated rings. The van der Waals surface area contributed by atoms with Crippen molar-refractivity contribution in [2.75, 3.05) is 40.0 Å². The van der Waals surface area contributed by atoms with Gasteiger partial charge in [0.1, 0.15) is 0 Å². The van der Waals surface area contributed by atoms with Crippen LogP contribution >= 0.6 is 0 Å². The van der Waals surface area contributed by atoms with Gasteiger partial charge in [-0.15, -0.1) is 0 Å². The Hall–Kier alpha value is -0.160. The molecule has 0 aromatic carbocycles. The molecule has 0 amide bonds. The minimum atomic E-state index is -0.579. The Labute approximate surface area is 85.6 Å². The summed E-state index contributed by atoms with van der Waals surface area (Å²) in [4.78, 5) is 0. The Morgan fingerprint density at radius 3 is 3.07 bits per heavy atom. The van der Waals surface area contributed by atoms with E-state index in [0.29, 0.717) is 19.8 Å². The Morgan fingerprint density at radius 1 is 1.43 bits per heavy atom. The van der Waals surface area contributed by atoms with E-state index in [0.717, 1.165) is 32.4 Å². The molecular formula is C10H21NO3. The van der Waals surface area contributed by atoms with Gasteiger partial charge in [-0.05, 0) is 12.8 Å². The molecular weight excluding hydrogens is 182 g/mol. The van der Waals surface area contributed by atoms with E-state index in [1.807, 2.05) is 0 Å². The van der Waals surface area contributed by atoms with Crippen LogP contribution < -0.4 is 5.32 Å². The third-order valence-corrected chi connectivity index (χ3v) is 2.58. The van der Waals surface area contributed by atoms with Gasteiger partial charge >= 0.3 is 0 Å². The van der Waals surface area contributed by atoms with E-state index in [2.05, 4.69) is 5.32 Å². The van der Waals surface area contributed by atoms with Crippen molar-refractivity contribution in [1.82, 2.24) is 5.32 Å². The van der Waals surface area contributed by atoms with E-state index in [1.54, 1.807) is 7.11 Å². The summed E-state index contributed by atoms with van der Waals surface area (Å²) in [6.45, 7) is 3.56. The third kappa shape index (κ3) is 4.37. The summed E-state index contributed by atoms with van der Waals surface area (Å²) in [6, 6.07) is 0. The molecule has 1 aliphatic rings. The lowest BCUT2D eigenvalue weighted by atomic mass is 9.95. The second-order valence-electron chi connectivity index (χ2n) is 3.86. The van der Waals surface area contributed by atoms with Crippen LogP contribution in [0.5, 0.6) is 0 Å². The van der Waals surface area contributed by atoms with Crippen LogP contribution in [0.2, 0.25) is 0 Å². The molecule has 0 radical (unpaired) electrons. The molecule has 0 spiro atoms. The standard InChI is InChI=1S/C10H21NO3/c1-13-8-5-11-9-10(12)3-2-6-14-7-4-10/h11-12H,2-9H2,1H3. The molecule has 0 aromatic heterocycles. The zero-order valence-corrected chi connectivity index (χ0v) is 8.92. The highest BCUT2D eigenvalue weighted by atomic mass is 16.5. The molecule has 0 bridgehead atoms. The van der Waals surface area contributed by atoms with E-state index in [-0.39, 0.29) is 0 Å². The monoisotopic (exact) mass is 203 g/mol. The van der Waals surface area contributed by atoms with E-state index < -0.39 is 5.60 Å². The Kier molecular flexibility index (Phi) is 5.40. The summed E-state index contributed by atoms with van der Waals surface area (Å²) >= 11 is 0. The maximum Gasteiger partial charge on any atom is 0.0794 e. The molecule has 0 saturated carbocycles. The zero-order valence-electron chi connectivity index (χ0n) is 8.92. The average molecular weight is 203 g/mol. The van der Waals surface area contributed by atoms with Crippen LogP contribution in [0, 0.1) is 0 Å². The van der Waals surface area contributed by atoms with Crippen molar-refractivity contribution >= 4 is 0 Å². The Bertz CT molecular complexity index is 144. The number of rotatable bonds is 5. The first-order valence-corrected chi connectivity index (χ1v) is 5.27. The van der Waals surface area contributed by atoms with Gasteiger partial charge in [-0.25, -0.2) is 0 Å². The fraction of sp³-hybridized carbons (Fsp3) is 1.00. The second-order valence-corrected chi connectivity index (χ2v) is 3.86. The molecule has 1 heterocycles. The molecule has 1 atom stereocenters. The van der Waals surface area contributed by atoms with E-state index in [9.17, 15) is 5.11 Å². The van der Waals surface area contributed by atoms with Crippen LogP contribution in [-0.2, 0) is 9.47 Å². The van der Waals surface area contributed by atoms with Gasteiger partial charge in [0.25, 0.3) is 0 Å². The lowest BCUT2D eigenvalue weighted by Gasteiger charge is -2.26. The van der Waals surface area contributed by atoms with E-state index >= 15 is 0 Å². The minimum Gasteiger partial charge on any atom is -0.388 e. The molecule has 4 heteroatoms. The number of aliphatic hydroxyl groups is 1. The van der Waals surface area contributed by atoms with Crippen molar-refractivity contribution in [2.24, 2.45) is 0 Å². The lowest BCUT2D eigenvalue weighted by molar-refractivity contribution is 0.0179. The van der Waals surface area contributed by atoms with Crippen LogP contribution in [-0.4, -0.2) is 50.7 Å². The normalized spacial score (nSPS) is 28.7. The van der Waals surface area contributed by atoms with Gasteiger partial charge < -0.3 is 19.9 Å². The predicted octanol–water partition coefficient (Wildman–Crippen LogP) is 0.154. The molecule has 4 nitrogen and oxygen atoms in total. The highest BCUT2D eigenvalue weighted by Gasteiger charge is 2.27. The van der Waals surface area contributed by atoms with Gasteiger partial charge in [0, 0.05) is 39.8 Å². The van der Waals surface area contributed by atoms with Crippen molar-refractivity contribution < 1.29 is 14.6 Å². The minimum absolute atomic E-state index is 0.579. The van der Waals surface area contributed by atoms with Crippen LogP contribution in [0.4, 0.5) is 0 Å². The topological polar surface area (TPSA) is 50.7 Å². The molecule has 14 heavy (non-hydrogen) atoms. The fourth-order valence-electron chi connectivity index (χ4n) is 1.66. The zero-order chi connectivity index (χ0) is 10.3. The van der Waals surface area contributed by atoms with Crippen molar-refractivity contribution in [2.45, 2.75) is 24.9 Å². The number of hydrogen-bond acceptors (Lipinski definition) is 4. The van der Waals surface area contributed by atoms with Gasteiger partial charge in [-0.3, -0.25) is 0 Å². The first-order valence-electron chi connectivity index (χ1n) is 5.27. The smallest absolute Gasteiger partial charge is 0.0794 e. The molecule has 0 aromatic rings. The van der Waals surface area contributed by atoms with Crippen molar-refractivity contribution in [3.8, 4) is 0 Å². The molecule has 84 valence electrons. The number of ether oxygens (including phenoxy) is 2. The van der Waals surface area contributed by atoms with Gasteiger partial charge in [-0.2, -0.15) is 0 Å². The number of methoxy groups -OCH3 is 1. The predicted molar refractivity (Wildman–Crippen MR) is 54.4 cm³/mol. The van der Waals surface area contributed by atoms with Gasteiger partial charge in [0.05, 0.1) is 12.2 Å². The van der Waals surface area contributed by atoms with Crippen LogP contribution in [0.15, 0.2) is 0 Å². The Balaban J connectivity index is 2.17. The van der Waals surface area contributed by atoms with Crippen molar-refractivity contribution in [3.05, 3.63) is 0 Å². The summed E-state index contributed by atoms with van der Waals surface area (Å²) < 4.78 is 10.2. The first-order chi connectivity index (χ1) is 6.77. The largest absolute Gasteiger partial charge is 0.388 e. The average Bonchev–Trinajstić information content (AvgIpc) is 2.39. The lowest BCUT2D eigenvalue weighted by Crippen LogP contribution is -2.41. The van der Waals surface area contributed by atoms with Gasteiger partial charge in [0.2, 0.25) is 0 Å². The van der Waals surface area contributed by atoms with Crippen LogP contribution in [0.3, 0.4) is 0 Å². The highest BCUT2D eigenvalue weighted by Crippen LogP contribution is 2.19. The summed E-state index contributed by atoms with van der Waals surface area (Å²) in [6.07, 6.45) is 2.50. The van der Waals surface area contributed by atoms with E-state index in [1.165, 1.54) is 0 Å².